The number of carboxylic acids is 1. The van der Waals surface area contributed by atoms with Crippen LogP contribution in [0.3, 0.4) is 0 Å². The first-order valence-corrected chi connectivity index (χ1v) is 7.84. The molecule has 1 saturated carbocycles. The van der Waals surface area contributed by atoms with Crippen molar-refractivity contribution in [2.75, 3.05) is 13.2 Å². The van der Waals surface area contributed by atoms with E-state index in [9.17, 15) is 14.7 Å². The summed E-state index contributed by atoms with van der Waals surface area (Å²) in [7, 11) is 0. The molecule has 0 spiro atoms. The lowest BCUT2D eigenvalue weighted by atomic mass is 9.76. The van der Waals surface area contributed by atoms with Gasteiger partial charge in [0.2, 0.25) is 0 Å². The number of carbonyl (C=O) groups is 2. The molecule has 0 aromatic heterocycles. The topological polar surface area (TPSA) is 87.7 Å². The van der Waals surface area contributed by atoms with Crippen LogP contribution in [0.4, 0.5) is 4.79 Å². The Labute approximate surface area is 125 Å². The largest absolute Gasteiger partial charge is 0.480 e. The molecule has 0 aromatic rings. The van der Waals surface area contributed by atoms with Gasteiger partial charge in [-0.3, -0.25) is 0 Å². The summed E-state index contributed by atoms with van der Waals surface area (Å²) in [6, 6.07) is -0.384. The molecule has 120 valence electrons. The van der Waals surface area contributed by atoms with Crippen molar-refractivity contribution in [3.05, 3.63) is 0 Å². The predicted octanol–water partition coefficient (Wildman–Crippen LogP) is 1.74. The number of aliphatic carboxylic acids is 1. The average Bonchev–Trinajstić information content (AvgIpc) is 2.82. The normalized spacial score (nSPS) is 36.2. The van der Waals surface area contributed by atoms with Gasteiger partial charge in [-0.1, -0.05) is 19.8 Å². The molecule has 1 heterocycles. The Bertz CT molecular complexity index is 401. The smallest absolute Gasteiger partial charge is 0.329 e. The number of nitrogens with one attached hydrogen (secondary N) is 2. The lowest BCUT2D eigenvalue weighted by Gasteiger charge is -2.37. The SMILES string of the molecule is CC1CCCC(NC(=O)NCC2CCOC2C)(C(=O)O)C1. The van der Waals surface area contributed by atoms with Crippen LogP contribution in [-0.4, -0.2) is 41.9 Å². The number of rotatable bonds is 4. The third-order valence-corrected chi connectivity index (χ3v) is 4.82. The summed E-state index contributed by atoms with van der Waals surface area (Å²) < 4.78 is 5.45. The molecule has 4 unspecified atom stereocenters. The molecule has 1 aliphatic carbocycles. The molecular formula is C15H26N2O4. The van der Waals surface area contributed by atoms with E-state index in [4.69, 9.17) is 4.74 Å². The molecule has 2 rings (SSSR count). The van der Waals surface area contributed by atoms with Crippen molar-refractivity contribution >= 4 is 12.0 Å². The van der Waals surface area contributed by atoms with Crippen molar-refractivity contribution in [2.45, 2.75) is 57.6 Å². The molecule has 0 bridgehead atoms. The first kappa shape index (κ1) is 16.1. The molecule has 6 nitrogen and oxygen atoms in total. The third kappa shape index (κ3) is 3.87. The van der Waals surface area contributed by atoms with E-state index in [-0.39, 0.29) is 12.1 Å². The molecule has 2 amide bonds. The van der Waals surface area contributed by atoms with Crippen molar-refractivity contribution in [1.82, 2.24) is 10.6 Å². The van der Waals surface area contributed by atoms with Gasteiger partial charge in [-0.2, -0.15) is 0 Å². The minimum absolute atomic E-state index is 0.147. The summed E-state index contributed by atoms with van der Waals surface area (Å²) in [5, 5.41) is 15.0. The van der Waals surface area contributed by atoms with Crippen molar-refractivity contribution in [3.8, 4) is 0 Å². The monoisotopic (exact) mass is 298 g/mol. The van der Waals surface area contributed by atoms with Crippen LogP contribution >= 0.6 is 0 Å². The number of carboxylic acid groups (broad SMARTS) is 1. The van der Waals surface area contributed by atoms with Crippen LogP contribution in [0.15, 0.2) is 0 Å². The average molecular weight is 298 g/mol. The molecule has 1 saturated heterocycles. The fourth-order valence-corrected chi connectivity index (χ4v) is 3.44. The highest BCUT2D eigenvalue weighted by Crippen LogP contribution is 2.32. The summed E-state index contributed by atoms with van der Waals surface area (Å²) in [5.74, 6) is -0.304. The fourth-order valence-electron chi connectivity index (χ4n) is 3.44. The summed E-state index contributed by atoms with van der Waals surface area (Å²) in [6.45, 7) is 5.29. The molecule has 2 aliphatic rings. The predicted molar refractivity (Wildman–Crippen MR) is 78.1 cm³/mol. The van der Waals surface area contributed by atoms with Gasteiger partial charge in [0.1, 0.15) is 5.54 Å². The number of carbonyl (C=O) groups excluding carboxylic acids is 1. The fraction of sp³-hybridized carbons (Fsp3) is 0.867. The van der Waals surface area contributed by atoms with Gasteiger partial charge in [-0.05, 0) is 32.1 Å². The number of hydrogen-bond donors (Lipinski definition) is 3. The Balaban J connectivity index is 1.88. The van der Waals surface area contributed by atoms with Crippen molar-refractivity contribution < 1.29 is 19.4 Å². The maximum absolute atomic E-state index is 12.1. The summed E-state index contributed by atoms with van der Waals surface area (Å²) >= 11 is 0. The Morgan fingerprint density at radius 1 is 1.33 bits per heavy atom. The molecule has 6 heteroatoms. The maximum atomic E-state index is 12.1. The number of urea groups is 1. The van der Waals surface area contributed by atoms with Crippen LogP contribution in [0.5, 0.6) is 0 Å². The second-order valence-corrected chi connectivity index (χ2v) is 6.55. The van der Waals surface area contributed by atoms with E-state index in [0.717, 1.165) is 25.9 Å². The second-order valence-electron chi connectivity index (χ2n) is 6.55. The molecule has 0 radical (unpaired) electrons. The molecule has 0 aromatic carbocycles. The standard InChI is InChI=1S/C15H26N2O4/c1-10-4-3-6-15(8-10,13(18)19)17-14(20)16-9-12-5-7-21-11(12)2/h10-12H,3-9H2,1-2H3,(H,18,19)(H2,16,17,20). The molecule has 1 aliphatic heterocycles. The van der Waals surface area contributed by atoms with E-state index in [2.05, 4.69) is 10.6 Å². The van der Waals surface area contributed by atoms with Gasteiger partial charge >= 0.3 is 12.0 Å². The van der Waals surface area contributed by atoms with Gasteiger partial charge < -0.3 is 20.5 Å². The Morgan fingerprint density at radius 2 is 2.10 bits per heavy atom. The van der Waals surface area contributed by atoms with Gasteiger partial charge in [0.25, 0.3) is 0 Å². The Hall–Kier alpha value is -1.30. The molecule has 4 atom stereocenters. The lowest BCUT2D eigenvalue weighted by Crippen LogP contribution is -2.59. The quantitative estimate of drug-likeness (QED) is 0.738. The minimum Gasteiger partial charge on any atom is -0.480 e. The summed E-state index contributed by atoms with van der Waals surface area (Å²) in [4.78, 5) is 23.7. The van der Waals surface area contributed by atoms with Crippen molar-refractivity contribution in [3.63, 3.8) is 0 Å². The molecule has 21 heavy (non-hydrogen) atoms. The highest BCUT2D eigenvalue weighted by molar-refractivity contribution is 5.86. The molecule has 2 fully saturated rings. The molecular weight excluding hydrogens is 272 g/mol. The van der Waals surface area contributed by atoms with E-state index < -0.39 is 11.5 Å². The van der Waals surface area contributed by atoms with E-state index in [0.29, 0.717) is 31.2 Å². The van der Waals surface area contributed by atoms with E-state index >= 15 is 0 Å². The summed E-state index contributed by atoms with van der Waals surface area (Å²) in [5.41, 5.74) is -1.11. The summed E-state index contributed by atoms with van der Waals surface area (Å²) in [6.07, 6.45) is 3.94. The zero-order chi connectivity index (χ0) is 15.5. The number of amides is 2. The zero-order valence-electron chi connectivity index (χ0n) is 12.9. The van der Waals surface area contributed by atoms with Gasteiger partial charge in [0.05, 0.1) is 6.10 Å². The van der Waals surface area contributed by atoms with Crippen LogP contribution in [-0.2, 0) is 9.53 Å². The zero-order valence-corrected chi connectivity index (χ0v) is 12.9. The van der Waals surface area contributed by atoms with Crippen LogP contribution < -0.4 is 10.6 Å². The van der Waals surface area contributed by atoms with Crippen LogP contribution in [0.2, 0.25) is 0 Å². The van der Waals surface area contributed by atoms with E-state index in [1.807, 2.05) is 13.8 Å². The van der Waals surface area contributed by atoms with Crippen LogP contribution in [0.25, 0.3) is 0 Å². The molecule has 3 N–H and O–H groups in total. The second kappa shape index (κ2) is 6.64. The number of ether oxygens (including phenoxy) is 1. The van der Waals surface area contributed by atoms with E-state index in [1.54, 1.807) is 0 Å². The van der Waals surface area contributed by atoms with Gasteiger partial charge in [-0.15, -0.1) is 0 Å². The van der Waals surface area contributed by atoms with Gasteiger partial charge in [0.15, 0.2) is 0 Å². The lowest BCUT2D eigenvalue weighted by molar-refractivity contribution is -0.146. The first-order valence-electron chi connectivity index (χ1n) is 7.84. The maximum Gasteiger partial charge on any atom is 0.329 e. The highest BCUT2D eigenvalue weighted by Gasteiger charge is 2.43. The van der Waals surface area contributed by atoms with Crippen LogP contribution in [0, 0.1) is 11.8 Å². The third-order valence-electron chi connectivity index (χ3n) is 4.82. The van der Waals surface area contributed by atoms with Crippen molar-refractivity contribution in [1.29, 1.82) is 0 Å². The van der Waals surface area contributed by atoms with Gasteiger partial charge in [0, 0.05) is 19.1 Å². The number of hydrogen-bond acceptors (Lipinski definition) is 3. The Kier molecular flexibility index (Phi) is 5.08. The Morgan fingerprint density at radius 3 is 2.67 bits per heavy atom. The van der Waals surface area contributed by atoms with E-state index in [1.165, 1.54) is 0 Å². The first-order chi connectivity index (χ1) is 9.93. The van der Waals surface area contributed by atoms with Crippen LogP contribution in [0.1, 0.15) is 46.0 Å². The minimum atomic E-state index is -1.11. The highest BCUT2D eigenvalue weighted by atomic mass is 16.5. The van der Waals surface area contributed by atoms with Gasteiger partial charge in [-0.25, -0.2) is 9.59 Å². The van der Waals surface area contributed by atoms with Crippen molar-refractivity contribution in [2.24, 2.45) is 11.8 Å².